The first kappa shape index (κ1) is 12.2. The summed E-state index contributed by atoms with van der Waals surface area (Å²) in [5, 5.41) is 10.5. The van der Waals surface area contributed by atoms with Crippen LogP contribution in [0.15, 0.2) is 0 Å². The Hall–Kier alpha value is -0.890. The fraction of sp³-hybridized carbons (Fsp3) is 1.00. The highest BCUT2D eigenvalue weighted by Gasteiger charge is 2.48. The lowest BCUT2D eigenvalue weighted by Crippen LogP contribution is -2.52. The van der Waals surface area contributed by atoms with Crippen molar-refractivity contribution in [2.45, 2.75) is 37.5 Å². The first-order valence-electron chi connectivity index (χ1n) is 4.52. The van der Waals surface area contributed by atoms with Gasteiger partial charge in [0.15, 0.2) is 0 Å². The van der Waals surface area contributed by atoms with E-state index in [-0.39, 0.29) is 12.8 Å². The van der Waals surface area contributed by atoms with E-state index in [2.05, 4.69) is 5.43 Å². The molecule has 1 fully saturated rings. The molecule has 1 saturated carbocycles. The van der Waals surface area contributed by atoms with Crippen LogP contribution in [0, 0.1) is 16.0 Å². The predicted octanol–water partition coefficient (Wildman–Crippen LogP) is 0.826. The zero-order chi connectivity index (χ0) is 11.6. The molecule has 3 unspecified atom stereocenters. The Labute approximate surface area is 83.9 Å². The summed E-state index contributed by atoms with van der Waals surface area (Å²) in [6.07, 6.45) is -4.88. The van der Waals surface area contributed by atoms with E-state index >= 15 is 0 Å². The van der Waals surface area contributed by atoms with Crippen LogP contribution in [0.1, 0.15) is 19.3 Å². The molecule has 1 aliphatic rings. The lowest BCUT2D eigenvalue weighted by Gasteiger charge is -2.31. The van der Waals surface area contributed by atoms with Gasteiger partial charge in [0.1, 0.15) is 0 Å². The van der Waals surface area contributed by atoms with E-state index in [1.54, 1.807) is 0 Å². The van der Waals surface area contributed by atoms with E-state index in [1.807, 2.05) is 0 Å². The Morgan fingerprint density at radius 3 is 2.40 bits per heavy atom. The summed E-state index contributed by atoms with van der Waals surface area (Å²) in [4.78, 5) is 9.85. The van der Waals surface area contributed by atoms with Gasteiger partial charge in [-0.05, 0) is 12.8 Å². The molecule has 0 spiro atoms. The zero-order valence-electron chi connectivity index (χ0n) is 7.83. The van der Waals surface area contributed by atoms with Crippen LogP contribution < -0.4 is 11.3 Å². The molecule has 8 heteroatoms. The number of hydrogen-bond acceptors (Lipinski definition) is 4. The van der Waals surface area contributed by atoms with E-state index in [0.29, 0.717) is 0 Å². The van der Waals surface area contributed by atoms with Gasteiger partial charge in [0.05, 0.1) is 12.0 Å². The molecule has 3 atom stereocenters. The summed E-state index contributed by atoms with van der Waals surface area (Å²) in [6, 6.07) is -1.92. The predicted molar refractivity (Wildman–Crippen MR) is 45.3 cm³/mol. The fourth-order valence-electron chi connectivity index (χ4n) is 1.87. The first-order valence-corrected chi connectivity index (χ1v) is 4.52. The van der Waals surface area contributed by atoms with Gasteiger partial charge in [-0.3, -0.25) is 21.4 Å². The molecule has 88 valence electrons. The van der Waals surface area contributed by atoms with Crippen LogP contribution in [0.25, 0.3) is 0 Å². The summed E-state index contributed by atoms with van der Waals surface area (Å²) in [5.74, 6) is 3.46. The molecule has 0 radical (unpaired) electrons. The third kappa shape index (κ3) is 2.78. The molecule has 0 saturated heterocycles. The second-order valence-electron chi connectivity index (χ2n) is 3.68. The Kier molecular flexibility index (Phi) is 3.50. The van der Waals surface area contributed by atoms with Crippen molar-refractivity contribution in [2.24, 2.45) is 11.8 Å². The van der Waals surface area contributed by atoms with Crippen LogP contribution in [0.4, 0.5) is 13.2 Å². The molecule has 5 nitrogen and oxygen atoms in total. The summed E-state index contributed by atoms with van der Waals surface area (Å²) < 4.78 is 37.0. The largest absolute Gasteiger partial charge is 0.392 e. The number of hydrazine groups is 1. The maximum Gasteiger partial charge on any atom is 0.392 e. The average Bonchev–Trinajstić information content (AvgIpc) is 2.15. The van der Waals surface area contributed by atoms with Crippen molar-refractivity contribution in [2.75, 3.05) is 0 Å². The van der Waals surface area contributed by atoms with Crippen molar-refractivity contribution in [3.05, 3.63) is 10.1 Å². The van der Waals surface area contributed by atoms with Gasteiger partial charge in [-0.2, -0.15) is 13.2 Å². The summed E-state index contributed by atoms with van der Waals surface area (Å²) >= 11 is 0. The molecule has 3 N–H and O–H groups in total. The van der Waals surface area contributed by atoms with Gasteiger partial charge < -0.3 is 0 Å². The van der Waals surface area contributed by atoms with E-state index in [4.69, 9.17) is 5.84 Å². The van der Waals surface area contributed by atoms with E-state index in [9.17, 15) is 23.3 Å². The number of hydrogen-bond donors (Lipinski definition) is 2. The van der Waals surface area contributed by atoms with Crippen molar-refractivity contribution in [3.63, 3.8) is 0 Å². The Balaban J connectivity index is 2.70. The minimum Gasteiger partial charge on any atom is -0.271 e. The third-order valence-electron chi connectivity index (χ3n) is 2.76. The van der Waals surface area contributed by atoms with Gasteiger partial charge in [0.25, 0.3) is 0 Å². The van der Waals surface area contributed by atoms with Gasteiger partial charge in [0.2, 0.25) is 6.04 Å². The highest BCUT2D eigenvalue weighted by atomic mass is 19.4. The monoisotopic (exact) mass is 227 g/mol. The Morgan fingerprint density at radius 1 is 1.40 bits per heavy atom. The lowest BCUT2D eigenvalue weighted by atomic mass is 9.82. The maximum atomic E-state index is 12.3. The molecule has 0 aliphatic heterocycles. The van der Waals surface area contributed by atoms with E-state index in [0.717, 1.165) is 0 Å². The van der Waals surface area contributed by atoms with Crippen molar-refractivity contribution < 1.29 is 18.1 Å². The van der Waals surface area contributed by atoms with Gasteiger partial charge in [-0.15, -0.1) is 0 Å². The second-order valence-corrected chi connectivity index (χ2v) is 3.68. The number of rotatable bonds is 2. The van der Waals surface area contributed by atoms with Crippen LogP contribution in [0.5, 0.6) is 0 Å². The molecule has 0 aromatic rings. The number of nitrogens with two attached hydrogens (primary N) is 1. The Bertz CT molecular complexity index is 246. The quantitative estimate of drug-likeness (QED) is 0.416. The third-order valence-corrected chi connectivity index (χ3v) is 2.76. The summed E-state index contributed by atoms with van der Waals surface area (Å²) in [5.41, 5.74) is 2.20. The van der Waals surface area contributed by atoms with Crippen LogP contribution >= 0.6 is 0 Å². The molecule has 0 bridgehead atoms. The minimum atomic E-state index is -4.35. The zero-order valence-corrected chi connectivity index (χ0v) is 7.83. The molecular weight excluding hydrogens is 215 g/mol. The molecule has 1 rings (SSSR count). The standard InChI is InChI=1S/C7H12F3N3O2/c8-7(9,10)4-1-2-5(12-11)6(3-4)13(14)15/h4-6,12H,1-3,11H2. The highest BCUT2D eigenvalue weighted by Crippen LogP contribution is 2.38. The van der Waals surface area contributed by atoms with E-state index < -0.39 is 35.5 Å². The number of nitro groups is 1. The van der Waals surface area contributed by atoms with Gasteiger partial charge >= 0.3 is 6.18 Å². The van der Waals surface area contributed by atoms with Gasteiger partial charge in [-0.25, -0.2) is 0 Å². The molecular formula is C7H12F3N3O2. The summed E-state index contributed by atoms with van der Waals surface area (Å²) in [7, 11) is 0. The summed E-state index contributed by atoms with van der Waals surface area (Å²) in [6.45, 7) is 0. The molecule has 15 heavy (non-hydrogen) atoms. The molecule has 0 aromatic heterocycles. The molecule has 1 aliphatic carbocycles. The number of nitrogens with zero attached hydrogens (tertiary/aromatic N) is 1. The molecule has 0 amide bonds. The van der Waals surface area contributed by atoms with Gasteiger partial charge in [-0.1, -0.05) is 0 Å². The number of nitrogens with one attached hydrogen (secondary N) is 1. The van der Waals surface area contributed by atoms with Gasteiger partial charge in [0, 0.05) is 11.3 Å². The van der Waals surface area contributed by atoms with Crippen LogP contribution in [-0.4, -0.2) is 23.2 Å². The van der Waals surface area contributed by atoms with Crippen molar-refractivity contribution >= 4 is 0 Å². The SMILES string of the molecule is NNC1CCC(C(F)(F)F)CC1[N+](=O)[O-]. The van der Waals surface area contributed by atoms with E-state index in [1.165, 1.54) is 0 Å². The molecule has 0 heterocycles. The second kappa shape index (κ2) is 4.31. The number of halogens is 3. The number of alkyl halides is 3. The van der Waals surface area contributed by atoms with Crippen LogP contribution in [0.3, 0.4) is 0 Å². The molecule has 0 aromatic carbocycles. The first-order chi connectivity index (χ1) is 6.86. The van der Waals surface area contributed by atoms with Crippen LogP contribution in [-0.2, 0) is 0 Å². The lowest BCUT2D eigenvalue weighted by molar-refractivity contribution is -0.533. The fourth-order valence-corrected chi connectivity index (χ4v) is 1.87. The maximum absolute atomic E-state index is 12.3. The smallest absolute Gasteiger partial charge is 0.271 e. The minimum absolute atomic E-state index is 0.0757. The van der Waals surface area contributed by atoms with Crippen molar-refractivity contribution in [3.8, 4) is 0 Å². The van der Waals surface area contributed by atoms with Crippen LogP contribution in [0.2, 0.25) is 0 Å². The average molecular weight is 227 g/mol. The normalized spacial score (nSPS) is 32.7. The highest BCUT2D eigenvalue weighted by molar-refractivity contribution is 4.86. The Morgan fingerprint density at radius 2 is 2.00 bits per heavy atom. The topological polar surface area (TPSA) is 81.2 Å². The van der Waals surface area contributed by atoms with Crippen molar-refractivity contribution in [1.29, 1.82) is 0 Å². The van der Waals surface area contributed by atoms with Crippen molar-refractivity contribution in [1.82, 2.24) is 5.43 Å².